The summed E-state index contributed by atoms with van der Waals surface area (Å²) < 4.78 is 44.2. The van der Waals surface area contributed by atoms with Crippen molar-refractivity contribution >= 4 is 16.0 Å². The lowest BCUT2D eigenvalue weighted by molar-refractivity contribution is -0.255. The van der Waals surface area contributed by atoms with Crippen LogP contribution >= 0.6 is 0 Å². The van der Waals surface area contributed by atoms with Crippen molar-refractivity contribution in [1.82, 2.24) is 4.31 Å². The van der Waals surface area contributed by atoms with Crippen LogP contribution in [-0.2, 0) is 21.3 Å². The Bertz CT molecular complexity index is 983. The molecule has 1 atom stereocenters. The molecule has 0 unspecified atom stereocenters. The molecule has 8 nitrogen and oxygen atoms in total. The van der Waals surface area contributed by atoms with E-state index in [0.717, 1.165) is 18.4 Å². The summed E-state index contributed by atoms with van der Waals surface area (Å²) >= 11 is 0. The highest BCUT2D eigenvalue weighted by atomic mass is 32.2. The molecule has 0 aliphatic carbocycles. The Morgan fingerprint density at radius 2 is 1.83 bits per heavy atom. The Balaban J connectivity index is 1.92. The zero-order valence-corrected chi connectivity index (χ0v) is 17.7. The van der Waals surface area contributed by atoms with Gasteiger partial charge in [0.1, 0.15) is 0 Å². The Morgan fingerprint density at radius 1 is 1.13 bits per heavy atom. The van der Waals surface area contributed by atoms with Crippen LogP contribution in [0.4, 0.5) is 0 Å². The molecule has 0 saturated carbocycles. The van der Waals surface area contributed by atoms with Crippen molar-refractivity contribution in [3.05, 3.63) is 53.6 Å². The summed E-state index contributed by atoms with van der Waals surface area (Å²) in [5, 5.41) is 11.0. The van der Waals surface area contributed by atoms with Crippen LogP contribution in [0.1, 0.15) is 28.8 Å². The fourth-order valence-corrected chi connectivity index (χ4v) is 4.82. The van der Waals surface area contributed by atoms with E-state index in [1.165, 1.54) is 42.8 Å². The number of ether oxygens (including phenoxy) is 3. The lowest BCUT2D eigenvalue weighted by Crippen LogP contribution is -2.37. The van der Waals surface area contributed by atoms with Crippen LogP contribution in [0.5, 0.6) is 11.5 Å². The van der Waals surface area contributed by atoms with Crippen molar-refractivity contribution < 1.29 is 32.5 Å². The molecular formula is C21H24NO7S-. The molecule has 0 aromatic heterocycles. The summed E-state index contributed by atoms with van der Waals surface area (Å²) in [4.78, 5) is 11.0. The van der Waals surface area contributed by atoms with E-state index >= 15 is 0 Å². The third-order valence-corrected chi connectivity index (χ3v) is 6.79. The van der Waals surface area contributed by atoms with E-state index < -0.39 is 16.0 Å². The summed E-state index contributed by atoms with van der Waals surface area (Å²) in [6.07, 6.45) is 1.47. The number of aromatic carboxylic acids is 1. The van der Waals surface area contributed by atoms with Gasteiger partial charge in [-0.15, -0.1) is 0 Å². The maximum absolute atomic E-state index is 13.3. The highest BCUT2D eigenvalue weighted by molar-refractivity contribution is 7.89. The molecule has 2 aromatic rings. The minimum atomic E-state index is -3.90. The number of nitrogens with zero attached hydrogens (tertiary/aromatic N) is 1. The highest BCUT2D eigenvalue weighted by Crippen LogP contribution is 2.29. The number of rotatable bonds is 9. The van der Waals surface area contributed by atoms with Crippen molar-refractivity contribution in [2.24, 2.45) is 0 Å². The molecule has 162 valence electrons. The van der Waals surface area contributed by atoms with Gasteiger partial charge < -0.3 is 24.1 Å². The average Bonchev–Trinajstić information content (AvgIpc) is 3.26. The number of benzene rings is 2. The van der Waals surface area contributed by atoms with E-state index in [4.69, 9.17) is 14.2 Å². The zero-order chi connectivity index (χ0) is 21.7. The average molecular weight is 434 g/mol. The van der Waals surface area contributed by atoms with Gasteiger partial charge in [-0.1, -0.05) is 18.2 Å². The van der Waals surface area contributed by atoms with Gasteiger partial charge in [-0.05, 0) is 48.2 Å². The minimum Gasteiger partial charge on any atom is -0.545 e. The Hall–Kier alpha value is -2.62. The third kappa shape index (κ3) is 4.92. The molecule has 1 aliphatic rings. The third-order valence-electron chi connectivity index (χ3n) is 4.97. The number of hydrogen-bond acceptors (Lipinski definition) is 7. The molecule has 0 radical (unpaired) electrons. The van der Waals surface area contributed by atoms with Gasteiger partial charge in [0.15, 0.2) is 11.5 Å². The smallest absolute Gasteiger partial charge is 0.243 e. The van der Waals surface area contributed by atoms with E-state index in [0.29, 0.717) is 18.1 Å². The maximum atomic E-state index is 13.3. The van der Waals surface area contributed by atoms with Crippen LogP contribution in [0.15, 0.2) is 47.4 Å². The normalized spacial score (nSPS) is 16.6. The second-order valence-electron chi connectivity index (χ2n) is 6.93. The monoisotopic (exact) mass is 434 g/mol. The lowest BCUT2D eigenvalue weighted by Gasteiger charge is -2.25. The van der Waals surface area contributed by atoms with E-state index in [-0.39, 0.29) is 29.7 Å². The summed E-state index contributed by atoms with van der Waals surface area (Å²) in [5.41, 5.74) is 0.639. The van der Waals surface area contributed by atoms with Crippen LogP contribution in [0, 0.1) is 0 Å². The predicted octanol–water partition coefficient (Wildman–Crippen LogP) is 1.44. The number of hydrogen-bond donors (Lipinski definition) is 0. The van der Waals surface area contributed by atoms with Crippen LogP contribution in [0.2, 0.25) is 0 Å². The van der Waals surface area contributed by atoms with E-state index in [9.17, 15) is 18.3 Å². The Morgan fingerprint density at radius 3 is 2.40 bits per heavy atom. The Labute approximate surface area is 176 Å². The molecule has 1 fully saturated rings. The molecule has 0 amide bonds. The molecule has 3 rings (SSSR count). The van der Waals surface area contributed by atoms with Gasteiger partial charge in [0.05, 0.1) is 31.2 Å². The van der Waals surface area contributed by atoms with Gasteiger partial charge in [0.25, 0.3) is 0 Å². The number of carbonyl (C=O) groups is 1. The Kier molecular flexibility index (Phi) is 6.96. The van der Waals surface area contributed by atoms with Crippen molar-refractivity contribution in [1.29, 1.82) is 0 Å². The molecule has 0 N–H and O–H groups in total. The number of carboxylic acid groups (broad SMARTS) is 1. The molecule has 1 aliphatic heterocycles. The molecule has 30 heavy (non-hydrogen) atoms. The van der Waals surface area contributed by atoms with Crippen LogP contribution in [-0.4, -0.2) is 52.2 Å². The molecule has 9 heteroatoms. The molecule has 0 bridgehead atoms. The quantitative estimate of drug-likeness (QED) is 0.588. The second kappa shape index (κ2) is 9.46. The largest absolute Gasteiger partial charge is 0.545 e. The first-order valence-corrected chi connectivity index (χ1v) is 10.9. The first-order chi connectivity index (χ1) is 14.3. The standard InChI is InChI=1S/C21H25NO7S/c1-27-19-10-5-15(12-20(19)28-2)13-22(14-17-4-3-11-29-17)30(25,26)18-8-6-16(7-9-18)21(23)24/h5-10,12,17H,3-4,11,13-14H2,1-2H3,(H,23,24)/p-1/t17-/m0/s1. The minimum absolute atomic E-state index is 0.00553. The van der Waals surface area contributed by atoms with Crippen molar-refractivity contribution in [2.45, 2.75) is 30.4 Å². The molecular weight excluding hydrogens is 410 g/mol. The van der Waals surface area contributed by atoms with E-state index in [1.807, 2.05) is 0 Å². The second-order valence-corrected chi connectivity index (χ2v) is 8.87. The first kappa shape index (κ1) is 22.1. The fraction of sp³-hybridized carbons (Fsp3) is 0.381. The first-order valence-electron chi connectivity index (χ1n) is 9.49. The van der Waals surface area contributed by atoms with Gasteiger partial charge in [-0.2, -0.15) is 4.31 Å². The SMILES string of the molecule is COc1ccc(CN(C[C@@H]2CCCO2)S(=O)(=O)c2ccc(C(=O)[O-])cc2)cc1OC. The molecule has 0 spiro atoms. The lowest BCUT2D eigenvalue weighted by atomic mass is 10.2. The van der Waals surface area contributed by atoms with Crippen molar-refractivity contribution in [2.75, 3.05) is 27.4 Å². The van der Waals surface area contributed by atoms with Crippen molar-refractivity contribution in [3.8, 4) is 11.5 Å². The topological polar surface area (TPSA) is 105 Å². The van der Waals surface area contributed by atoms with Gasteiger partial charge in [0.2, 0.25) is 10.0 Å². The van der Waals surface area contributed by atoms with Gasteiger partial charge in [-0.25, -0.2) is 8.42 Å². The number of sulfonamides is 1. The van der Waals surface area contributed by atoms with Gasteiger partial charge in [0, 0.05) is 19.7 Å². The van der Waals surface area contributed by atoms with E-state index in [1.54, 1.807) is 18.2 Å². The number of carboxylic acids is 1. The van der Waals surface area contributed by atoms with Crippen LogP contribution in [0.3, 0.4) is 0 Å². The summed E-state index contributed by atoms with van der Waals surface area (Å²) in [7, 11) is -0.851. The number of methoxy groups -OCH3 is 2. The van der Waals surface area contributed by atoms with Crippen molar-refractivity contribution in [3.63, 3.8) is 0 Å². The molecule has 1 saturated heterocycles. The molecule has 1 heterocycles. The summed E-state index contributed by atoms with van der Waals surface area (Å²) in [5.74, 6) is -0.309. The molecule has 2 aromatic carbocycles. The number of carbonyl (C=O) groups excluding carboxylic acids is 1. The summed E-state index contributed by atoms with van der Waals surface area (Å²) in [6, 6.07) is 10.2. The maximum Gasteiger partial charge on any atom is 0.243 e. The fourth-order valence-electron chi connectivity index (χ4n) is 3.36. The van der Waals surface area contributed by atoms with Crippen LogP contribution < -0.4 is 14.6 Å². The zero-order valence-electron chi connectivity index (χ0n) is 16.9. The van der Waals surface area contributed by atoms with Gasteiger partial charge in [-0.3, -0.25) is 0 Å². The predicted molar refractivity (Wildman–Crippen MR) is 107 cm³/mol. The van der Waals surface area contributed by atoms with E-state index in [2.05, 4.69) is 0 Å². The van der Waals surface area contributed by atoms with Crippen LogP contribution in [0.25, 0.3) is 0 Å². The summed E-state index contributed by atoms with van der Waals surface area (Å²) in [6.45, 7) is 0.902. The van der Waals surface area contributed by atoms with Gasteiger partial charge >= 0.3 is 0 Å². The highest BCUT2D eigenvalue weighted by Gasteiger charge is 2.29.